The number of nitrogens with zero attached hydrogens (tertiary/aromatic N) is 1. The van der Waals surface area contributed by atoms with Crippen molar-refractivity contribution in [3.8, 4) is 0 Å². The highest BCUT2D eigenvalue weighted by molar-refractivity contribution is 7.92. The van der Waals surface area contributed by atoms with Crippen LogP contribution in [0.15, 0.2) is 29.2 Å². The van der Waals surface area contributed by atoms with Crippen LogP contribution in [0.5, 0.6) is 0 Å². The van der Waals surface area contributed by atoms with E-state index in [0.29, 0.717) is 0 Å². The molecule has 1 N–H and O–H groups in total. The molecule has 0 amide bonds. The highest BCUT2D eigenvalue weighted by Crippen LogP contribution is 2.31. The molecule has 1 aromatic carbocycles. The fourth-order valence-electron chi connectivity index (χ4n) is 1.89. The SMILES string of the molecule is O=S(=O)(c1ccc(N2CCNCC2)cc1)C(F)(F)F. The number of halogens is 3. The van der Waals surface area contributed by atoms with Crippen LogP contribution in [-0.2, 0) is 9.84 Å². The van der Waals surface area contributed by atoms with Gasteiger partial charge in [-0.2, -0.15) is 13.2 Å². The molecule has 1 aromatic rings. The lowest BCUT2D eigenvalue weighted by Crippen LogP contribution is -2.43. The number of alkyl halides is 3. The summed E-state index contributed by atoms with van der Waals surface area (Å²) < 4.78 is 59.5. The molecule has 106 valence electrons. The zero-order chi connectivity index (χ0) is 14.1. The first-order valence-electron chi connectivity index (χ1n) is 5.69. The molecule has 0 spiro atoms. The van der Waals surface area contributed by atoms with Crippen molar-refractivity contribution < 1.29 is 21.6 Å². The standard InChI is InChI=1S/C11H13F3N2O2S/c12-11(13,14)19(17,18)10-3-1-9(2-4-10)16-7-5-15-6-8-16/h1-4,15H,5-8H2. The quantitative estimate of drug-likeness (QED) is 0.895. The maximum absolute atomic E-state index is 12.4. The molecule has 1 heterocycles. The minimum Gasteiger partial charge on any atom is -0.369 e. The van der Waals surface area contributed by atoms with Crippen molar-refractivity contribution in [3.63, 3.8) is 0 Å². The summed E-state index contributed by atoms with van der Waals surface area (Å²) in [5.74, 6) is 0. The Hall–Kier alpha value is -1.28. The van der Waals surface area contributed by atoms with Gasteiger partial charge in [0.2, 0.25) is 0 Å². The van der Waals surface area contributed by atoms with Gasteiger partial charge in [0.15, 0.2) is 0 Å². The number of hydrogen-bond donors (Lipinski definition) is 1. The van der Waals surface area contributed by atoms with E-state index in [1.165, 1.54) is 12.1 Å². The summed E-state index contributed by atoms with van der Waals surface area (Å²) in [6, 6.07) is 4.81. The van der Waals surface area contributed by atoms with E-state index in [0.717, 1.165) is 44.0 Å². The lowest BCUT2D eigenvalue weighted by atomic mass is 10.2. The Labute approximate surface area is 109 Å². The van der Waals surface area contributed by atoms with Gasteiger partial charge in [0, 0.05) is 31.9 Å². The normalized spacial score (nSPS) is 17.5. The highest BCUT2D eigenvalue weighted by atomic mass is 32.2. The Kier molecular flexibility index (Phi) is 3.73. The molecular weight excluding hydrogens is 281 g/mol. The monoisotopic (exact) mass is 294 g/mol. The second-order valence-electron chi connectivity index (χ2n) is 4.18. The van der Waals surface area contributed by atoms with Gasteiger partial charge < -0.3 is 10.2 Å². The number of hydrogen-bond acceptors (Lipinski definition) is 4. The molecule has 0 atom stereocenters. The minimum atomic E-state index is -5.26. The van der Waals surface area contributed by atoms with Crippen molar-refractivity contribution >= 4 is 15.5 Å². The van der Waals surface area contributed by atoms with E-state index in [9.17, 15) is 21.6 Å². The van der Waals surface area contributed by atoms with Gasteiger partial charge in [0.1, 0.15) is 0 Å². The number of anilines is 1. The highest BCUT2D eigenvalue weighted by Gasteiger charge is 2.46. The predicted molar refractivity (Wildman–Crippen MR) is 64.8 cm³/mol. The molecule has 0 unspecified atom stereocenters. The lowest BCUT2D eigenvalue weighted by Gasteiger charge is -2.29. The Morgan fingerprint density at radius 3 is 2.05 bits per heavy atom. The first-order chi connectivity index (χ1) is 8.82. The summed E-state index contributed by atoms with van der Waals surface area (Å²) in [6.45, 7) is 3.07. The fourth-order valence-corrected chi connectivity index (χ4v) is 2.65. The molecule has 1 fully saturated rings. The van der Waals surface area contributed by atoms with Crippen molar-refractivity contribution in [2.45, 2.75) is 10.4 Å². The van der Waals surface area contributed by atoms with Gasteiger partial charge in [-0.1, -0.05) is 0 Å². The van der Waals surface area contributed by atoms with E-state index in [4.69, 9.17) is 0 Å². The average molecular weight is 294 g/mol. The van der Waals surface area contributed by atoms with Gasteiger partial charge in [0.05, 0.1) is 4.90 Å². The second-order valence-corrected chi connectivity index (χ2v) is 6.12. The summed E-state index contributed by atoms with van der Waals surface area (Å²) in [5.41, 5.74) is -4.54. The third kappa shape index (κ3) is 2.84. The minimum absolute atomic E-state index is 0.723. The summed E-state index contributed by atoms with van der Waals surface area (Å²) in [7, 11) is -5.25. The Morgan fingerprint density at radius 1 is 1.05 bits per heavy atom. The zero-order valence-electron chi connectivity index (χ0n) is 9.94. The molecule has 0 radical (unpaired) electrons. The number of piperazine rings is 1. The molecule has 1 aliphatic heterocycles. The fraction of sp³-hybridized carbons (Fsp3) is 0.455. The first-order valence-corrected chi connectivity index (χ1v) is 7.18. The number of rotatable bonds is 2. The Balaban J connectivity index is 2.23. The summed E-state index contributed by atoms with van der Waals surface area (Å²) in [4.78, 5) is 1.26. The molecular formula is C11H13F3N2O2S. The topological polar surface area (TPSA) is 49.4 Å². The van der Waals surface area contributed by atoms with Crippen molar-refractivity contribution in [3.05, 3.63) is 24.3 Å². The molecule has 2 rings (SSSR count). The van der Waals surface area contributed by atoms with Crippen LogP contribution in [-0.4, -0.2) is 40.1 Å². The summed E-state index contributed by atoms with van der Waals surface area (Å²) in [6.07, 6.45) is 0. The van der Waals surface area contributed by atoms with Crippen molar-refractivity contribution in [2.75, 3.05) is 31.1 Å². The molecule has 0 saturated carbocycles. The van der Waals surface area contributed by atoms with E-state index in [1.54, 1.807) is 0 Å². The number of benzene rings is 1. The average Bonchev–Trinajstić information content (AvgIpc) is 2.39. The largest absolute Gasteiger partial charge is 0.501 e. The van der Waals surface area contributed by atoms with E-state index >= 15 is 0 Å². The van der Waals surface area contributed by atoms with Crippen LogP contribution in [0.2, 0.25) is 0 Å². The van der Waals surface area contributed by atoms with E-state index in [-0.39, 0.29) is 0 Å². The Morgan fingerprint density at radius 2 is 1.58 bits per heavy atom. The van der Waals surface area contributed by atoms with Crippen LogP contribution < -0.4 is 10.2 Å². The smallest absolute Gasteiger partial charge is 0.369 e. The summed E-state index contributed by atoms with van der Waals surface area (Å²) in [5, 5.41) is 3.15. The Bertz CT molecular complexity index is 534. The lowest BCUT2D eigenvalue weighted by molar-refractivity contribution is -0.0436. The van der Waals surface area contributed by atoms with Crippen molar-refractivity contribution in [1.29, 1.82) is 0 Å². The number of nitrogens with one attached hydrogen (secondary N) is 1. The van der Waals surface area contributed by atoms with Gasteiger partial charge >= 0.3 is 5.51 Å². The van der Waals surface area contributed by atoms with E-state index in [2.05, 4.69) is 5.32 Å². The number of sulfone groups is 1. The maximum Gasteiger partial charge on any atom is 0.501 e. The molecule has 8 heteroatoms. The van der Waals surface area contributed by atoms with Crippen LogP contribution in [0.3, 0.4) is 0 Å². The van der Waals surface area contributed by atoms with Gasteiger partial charge in [-0.25, -0.2) is 8.42 Å². The van der Waals surface area contributed by atoms with Crippen LogP contribution in [0.25, 0.3) is 0 Å². The molecule has 19 heavy (non-hydrogen) atoms. The van der Waals surface area contributed by atoms with E-state index < -0.39 is 20.2 Å². The van der Waals surface area contributed by atoms with Crippen LogP contribution in [0.1, 0.15) is 0 Å². The van der Waals surface area contributed by atoms with Gasteiger partial charge in [0.25, 0.3) is 9.84 Å². The zero-order valence-corrected chi connectivity index (χ0v) is 10.8. The van der Waals surface area contributed by atoms with Gasteiger partial charge in [-0.15, -0.1) is 0 Å². The maximum atomic E-state index is 12.4. The summed E-state index contributed by atoms with van der Waals surface area (Å²) >= 11 is 0. The molecule has 0 aromatic heterocycles. The molecule has 0 bridgehead atoms. The molecule has 0 aliphatic carbocycles. The van der Waals surface area contributed by atoms with Crippen LogP contribution in [0, 0.1) is 0 Å². The third-order valence-corrected chi connectivity index (χ3v) is 4.44. The van der Waals surface area contributed by atoms with Crippen LogP contribution >= 0.6 is 0 Å². The van der Waals surface area contributed by atoms with E-state index in [1.807, 2.05) is 4.90 Å². The second kappa shape index (κ2) is 5.01. The molecule has 1 saturated heterocycles. The van der Waals surface area contributed by atoms with Gasteiger partial charge in [-0.05, 0) is 24.3 Å². The third-order valence-electron chi connectivity index (χ3n) is 2.93. The molecule has 4 nitrogen and oxygen atoms in total. The van der Waals surface area contributed by atoms with Gasteiger partial charge in [-0.3, -0.25) is 0 Å². The van der Waals surface area contributed by atoms with Crippen molar-refractivity contribution in [2.24, 2.45) is 0 Å². The molecule has 1 aliphatic rings. The predicted octanol–water partition coefficient (Wildman–Crippen LogP) is 1.39. The first kappa shape index (κ1) is 14.1. The van der Waals surface area contributed by atoms with Crippen LogP contribution in [0.4, 0.5) is 18.9 Å². The van der Waals surface area contributed by atoms with Crippen molar-refractivity contribution in [1.82, 2.24) is 5.32 Å².